The topological polar surface area (TPSA) is 380 Å². The summed E-state index contributed by atoms with van der Waals surface area (Å²) >= 11 is 0. The first kappa shape index (κ1) is 49.9. The van der Waals surface area contributed by atoms with Crippen molar-refractivity contribution in [2.45, 2.75) is 86.4 Å². The molecule has 3 heterocycles. The Morgan fingerprint density at radius 1 is 0.761 bits per heavy atom. The van der Waals surface area contributed by atoms with Crippen LogP contribution in [0.3, 0.4) is 0 Å². The summed E-state index contributed by atoms with van der Waals surface area (Å²) < 4.78 is 38.8. The molecule has 0 bridgehead atoms. The van der Waals surface area contributed by atoms with Gasteiger partial charge in [-0.1, -0.05) is 6.07 Å². The number of rotatable bonds is 15. The number of fused-ring (bicyclic) bond motifs is 1. The minimum atomic E-state index is -2.27. The Morgan fingerprint density at radius 3 is 2.03 bits per heavy atom. The van der Waals surface area contributed by atoms with Crippen molar-refractivity contribution in [3.63, 3.8) is 0 Å². The molecule has 23 heteroatoms. The van der Waals surface area contributed by atoms with Crippen molar-refractivity contribution in [2.75, 3.05) is 27.4 Å². The number of carboxylic acids is 1. The molecule has 0 radical (unpaired) electrons. The number of phenolic OH excluding ortho intramolecular Hbond substituents is 4. The zero-order valence-electron chi connectivity index (χ0n) is 35.7. The summed E-state index contributed by atoms with van der Waals surface area (Å²) in [5.74, 6) is -7.07. The number of aliphatic carboxylic acids is 1. The maximum absolute atomic E-state index is 14.2. The van der Waals surface area contributed by atoms with Crippen LogP contribution >= 0.6 is 0 Å². The molecule has 1 aromatic heterocycles. The number of ether oxygens (including phenoxy) is 6. The molecule has 67 heavy (non-hydrogen) atoms. The molecule has 1 unspecified atom stereocenters. The van der Waals surface area contributed by atoms with Gasteiger partial charge in [0, 0.05) is 17.7 Å². The quantitative estimate of drug-likeness (QED) is 0.0540. The Labute approximate surface area is 378 Å². The van der Waals surface area contributed by atoms with Crippen molar-refractivity contribution in [1.29, 1.82) is 0 Å². The Kier molecular flexibility index (Phi) is 15.0. The van der Waals surface area contributed by atoms with Crippen molar-refractivity contribution in [2.24, 2.45) is 0 Å². The molecule has 0 spiro atoms. The van der Waals surface area contributed by atoms with Crippen LogP contribution in [0.5, 0.6) is 34.5 Å². The SMILES string of the molecule is COc1cc(/C=C/C(=O)O[C@@H]2[C@@H](O)[C@H](O)[C@@H](CO)O[C@H]2c2c(O)c([C@@H]3O[C@H](COC(=O)CC(C)(O)CC(=O)O)[C@@H](O)[C@H](O)[C@H]3O)c3oc(-c4ccc(O)c(OC)c4)cc(=O)c3c2O)ccc1O. The lowest BCUT2D eigenvalue weighted by atomic mass is 9.85. The molecular formula is C44H48O23. The third-order valence-corrected chi connectivity index (χ3v) is 11.1. The molecule has 12 N–H and O–H groups in total. The van der Waals surface area contributed by atoms with Gasteiger partial charge in [0.2, 0.25) is 0 Å². The molecule has 2 saturated heterocycles. The normalized spacial score (nSPS) is 26.2. The largest absolute Gasteiger partial charge is 0.507 e. The highest BCUT2D eigenvalue weighted by Crippen LogP contribution is 2.51. The van der Waals surface area contributed by atoms with Crippen LogP contribution in [0, 0.1) is 0 Å². The average Bonchev–Trinajstić information content (AvgIpc) is 3.27. The third kappa shape index (κ3) is 10.4. The lowest BCUT2D eigenvalue weighted by Crippen LogP contribution is -2.56. The van der Waals surface area contributed by atoms with E-state index in [1.165, 1.54) is 56.7 Å². The molecule has 4 aromatic rings. The number of esters is 2. The summed E-state index contributed by atoms with van der Waals surface area (Å²) in [6.45, 7) is -0.901. The van der Waals surface area contributed by atoms with Gasteiger partial charge in [-0.3, -0.25) is 14.4 Å². The van der Waals surface area contributed by atoms with Gasteiger partial charge < -0.3 is 94.1 Å². The van der Waals surface area contributed by atoms with E-state index >= 15 is 0 Å². The molecule has 3 aromatic carbocycles. The van der Waals surface area contributed by atoms with Gasteiger partial charge >= 0.3 is 17.9 Å². The number of benzene rings is 3. The number of hydrogen-bond donors (Lipinski definition) is 12. The maximum Gasteiger partial charge on any atom is 0.331 e. The fourth-order valence-corrected chi connectivity index (χ4v) is 7.76. The molecule has 0 aliphatic carbocycles. The Bertz CT molecular complexity index is 2590. The lowest BCUT2D eigenvalue weighted by Gasteiger charge is -2.43. The van der Waals surface area contributed by atoms with Gasteiger partial charge in [0.1, 0.15) is 84.2 Å². The molecule has 23 nitrogen and oxygen atoms in total. The van der Waals surface area contributed by atoms with E-state index in [9.17, 15) is 75.3 Å². The molecule has 2 aliphatic rings. The molecular weight excluding hydrogens is 896 g/mol. The van der Waals surface area contributed by atoms with Crippen LogP contribution in [0.25, 0.3) is 28.4 Å². The molecule has 0 amide bonds. The summed E-state index contributed by atoms with van der Waals surface area (Å²) in [6, 6.07) is 8.63. The minimum absolute atomic E-state index is 0.0472. The summed E-state index contributed by atoms with van der Waals surface area (Å²) in [5, 5.41) is 129. The van der Waals surface area contributed by atoms with Crippen molar-refractivity contribution in [3.8, 4) is 45.8 Å². The van der Waals surface area contributed by atoms with E-state index in [1.54, 1.807) is 0 Å². The molecule has 0 saturated carbocycles. The van der Waals surface area contributed by atoms with E-state index < -0.39 is 150 Å². The van der Waals surface area contributed by atoms with Crippen molar-refractivity contribution in [3.05, 3.63) is 75.5 Å². The molecule has 2 aliphatic heterocycles. The lowest BCUT2D eigenvalue weighted by molar-refractivity contribution is -0.240. The Morgan fingerprint density at radius 2 is 1.39 bits per heavy atom. The smallest absolute Gasteiger partial charge is 0.331 e. The van der Waals surface area contributed by atoms with Crippen LogP contribution in [0.2, 0.25) is 0 Å². The zero-order valence-corrected chi connectivity index (χ0v) is 35.7. The zero-order chi connectivity index (χ0) is 49.2. The van der Waals surface area contributed by atoms with Crippen LogP contribution in [0.4, 0.5) is 0 Å². The second-order valence-electron chi connectivity index (χ2n) is 16.0. The number of hydrogen-bond acceptors (Lipinski definition) is 22. The van der Waals surface area contributed by atoms with Gasteiger partial charge in [-0.05, 0) is 48.9 Å². The molecule has 362 valence electrons. The highest BCUT2D eigenvalue weighted by atomic mass is 16.6. The van der Waals surface area contributed by atoms with Crippen LogP contribution in [0.15, 0.2) is 57.8 Å². The van der Waals surface area contributed by atoms with Gasteiger partial charge in [0.25, 0.3) is 0 Å². The molecule has 11 atom stereocenters. The highest BCUT2D eigenvalue weighted by molar-refractivity contribution is 5.92. The standard InChI is InChI=1S/C44H48O23/c1-44(60,13-27(49)50)14-29(52)63-16-26-34(54)37(57)39(59)41(66-26)32-36(56)31(35(55)30-21(48)12-22(64-40(30)32)18-6-8-20(47)24(11-18)62-3)42-43(38(58)33(53)25(15-45)65-42)67-28(51)9-5-17-4-7-19(46)23(10-17)61-2/h4-12,25-26,33-34,37-39,41-43,45-47,53-60H,13-16H2,1-3H3,(H,49,50)/b9-5+/t25-,26-,33-,34-,37+,38+,39-,41+,42+,43-,44?/m1/s1. The Balaban J connectivity index is 1.51. The van der Waals surface area contributed by atoms with E-state index in [2.05, 4.69) is 0 Å². The summed E-state index contributed by atoms with van der Waals surface area (Å²) in [5.41, 5.74) is -5.20. The summed E-state index contributed by atoms with van der Waals surface area (Å²) in [6.07, 6.45) is -20.2. The van der Waals surface area contributed by atoms with Crippen LogP contribution in [-0.4, -0.2) is 161 Å². The fraction of sp³-hybridized carbons (Fsp3) is 0.409. The van der Waals surface area contributed by atoms with E-state index in [0.717, 1.165) is 19.1 Å². The van der Waals surface area contributed by atoms with Gasteiger partial charge in [0.05, 0.1) is 50.4 Å². The van der Waals surface area contributed by atoms with Gasteiger partial charge in [-0.15, -0.1) is 0 Å². The fourth-order valence-electron chi connectivity index (χ4n) is 7.76. The number of carbonyl (C=O) groups excluding carboxylic acids is 2. The number of methoxy groups -OCH3 is 2. The first-order valence-corrected chi connectivity index (χ1v) is 20.2. The van der Waals surface area contributed by atoms with Crippen LogP contribution < -0.4 is 14.9 Å². The highest BCUT2D eigenvalue weighted by Gasteiger charge is 2.52. The maximum atomic E-state index is 14.2. The second kappa shape index (κ2) is 20.1. The number of carbonyl (C=O) groups is 3. The third-order valence-electron chi connectivity index (χ3n) is 11.1. The monoisotopic (exact) mass is 944 g/mol. The number of aliphatic hydroxyl groups is 7. The van der Waals surface area contributed by atoms with E-state index in [4.69, 9.17) is 37.9 Å². The number of aliphatic hydroxyl groups excluding tert-OH is 6. The first-order chi connectivity index (χ1) is 31.6. The number of carboxylic acid groups (broad SMARTS) is 1. The van der Waals surface area contributed by atoms with Crippen molar-refractivity contribution in [1.82, 2.24) is 0 Å². The van der Waals surface area contributed by atoms with Gasteiger partial charge in [-0.25, -0.2) is 4.79 Å². The predicted molar refractivity (Wildman–Crippen MR) is 224 cm³/mol. The van der Waals surface area contributed by atoms with Crippen molar-refractivity contribution >= 4 is 35.0 Å². The van der Waals surface area contributed by atoms with E-state index in [-0.39, 0.29) is 34.3 Å². The number of phenols is 4. The first-order valence-electron chi connectivity index (χ1n) is 20.2. The average molecular weight is 945 g/mol. The van der Waals surface area contributed by atoms with Gasteiger partial charge in [0.15, 0.2) is 40.1 Å². The van der Waals surface area contributed by atoms with E-state index in [1.807, 2.05) is 0 Å². The van der Waals surface area contributed by atoms with E-state index in [0.29, 0.717) is 5.56 Å². The van der Waals surface area contributed by atoms with Crippen LogP contribution in [0.1, 0.15) is 48.7 Å². The summed E-state index contributed by atoms with van der Waals surface area (Å²) in [4.78, 5) is 51.5. The summed E-state index contributed by atoms with van der Waals surface area (Å²) in [7, 11) is 2.52. The minimum Gasteiger partial charge on any atom is -0.507 e. The van der Waals surface area contributed by atoms with Crippen LogP contribution in [-0.2, 0) is 33.3 Å². The molecule has 2 fully saturated rings. The predicted octanol–water partition coefficient (Wildman–Crippen LogP) is -0.240. The second-order valence-corrected chi connectivity index (χ2v) is 16.0. The molecule has 6 rings (SSSR count). The van der Waals surface area contributed by atoms with Crippen molar-refractivity contribution < 1.29 is 109 Å². The Hall–Kier alpha value is -6.54. The van der Waals surface area contributed by atoms with Gasteiger partial charge in [-0.2, -0.15) is 0 Å². The number of aromatic hydroxyl groups is 4.